The van der Waals surface area contributed by atoms with Crippen LogP contribution in [0.25, 0.3) is 0 Å². The predicted molar refractivity (Wildman–Crippen MR) is 153 cm³/mol. The molecule has 4 aromatic carbocycles. The molecule has 2 aliphatic heterocycles. The number of rotatable bonds is 9. The normalized spacial score (nSPS) is 19.1. The lowest BCUT2D eigenvalue weighted by atomic mass is 9.76. The Morgan fingerprint density at radius 3 is 2.21 bits per heavy atom. The van der Waals surface area contributed by atoms with Crippen molar-refractivity contribution in [3.8, 4) is 17.2 Å². The van der Waals surface area contributed by atoms with Gasteiger partial charge < -0.3 is 18.9 Å². The van der Waals surface area contributed by atoms with Crippen LogP contribution in [0.2, 0.25) is 0 Å². The van der Waals surface area contributed by atoms with Crippen molar-refractivity contribution in [2.45, 2.75) is 18.4 Å². The molecule has 0 N–H and O–H groups in total. The van der Waals surface area contributed by atoms with Gasteiger partial charge in [0.15, 0.2) is 0 Å². The Kier molecular flexibility index (Phi) is 8.08. The third-order valence-corrected chi connectivity index (χ3v) is 7.64. The number of morpholine rings is 1. The zero-order valence-electron chi connectivity index (χ0n) is 22.2. The van der Waals surface area contributed by atoms with Crippen molar-refractivity contribution in [3.63, 3.8) is 0 Å². The van der Waals surface area contributed by atoms with E-state index in [1.165, 1.54) is 16.7 Å². The zero-order valence-corrected chi connectivity index (χ0v) is 22.2. The quantitative estimate of drug-likeness (QED) is 0.259. The molecule has 2 heterocycles. The van der Waals surface area contributed by atoms with E-state index in [-0.39, 0.29) is 11.8 Å². The average molecular weight is 522 g/mol. The van der Waals surface area contributed by atoms with Gasteiger partial charge in [-0.15, -0.1) is 0 Å². The van der Waals surface area contributed by atoms with Crippen molar-refractivity contribution >= 4 is 0 Å². The lowest BCUT2D eigenvalue weighted by Crippen LogP contribution is -2.38. The van der Waals surface area contributed by atoms with Crippen LogP contribution in [0.5, 0.6) is 17.2 Å². The minimum absolute atomic E-state index is 0.168. The summed E-state index contributed by atoms with van der Waals surface area (Å²) in [6.07, 6.45) is 0. The average Bonchev–Trinajstić information content (AvgIpc) is 3.01. The van der Waals surface area contributed by atoms with E-state index in [1.54, 1.807) is 0 Å². The number of hydrogen-bond acceptors (Lipinski definition) is 5. The molecule has 1 saturated heterocycles. The van der Waals surface area contributed by atoms with Crippen LogP contribution in [0.3, 0.4) is 0 Å². The van der Waals surface area contributed by atoms with Crippen molar-refractivity contribution in [1.82, 2.24) is 4.90 Å². The van der Waals surface area contributed by atoms with Crippen molar-refractivity contribution in [2.75, 3.05) is 46.1 Å². The molecule has 0 spiro atoms. The van der Waals surface area contributed by atoms with Gasteiger partial charge in [-0.05, 0) is 34.9 Å². The van der Waals surface area contributed by atoms with Gasteiger partial charge in [-0.1, -0.05) is 78.9 Å². The third-order valence-electron chi connectivity index (χ3n) is 7.64. The van der Waals surface area contributed by atoms with Crippen LogP contribution in [0.15, 0.2) is 103 Å². The molecule has 4 aromatic rings. The Hall–Kier alpha value is -3.80. The van der Waals surface area contributed by atoms with Gasteiger partial charge in [-0.2, -0.15) is 0 Å². The number of hydrogen-bond donors (Lipinski definition) is 0. The molecular formula is C34H35NO4. The summed E-state index contributed by atoms with van der Waals surface area (Å²) in [5, 5.41) is 0. The Balaban J connectivity index is 1.20. The SMILES string of the molecule is c1ccc(COc2ccc3c(c2)OC[C@@H](c2ccccc2)[C@H]3c2ccc(OCCN3CCOCC3)cc2)cc1. The lowest BCUT2D eigenvalue weighted by molar-refractivity contribution is 0.0322. The second-order valence-electron chi connectivity index (χ2n) is 10.2. The molecule has 200 valence electrons. The molecule has 0 radical (unpaired) electrons. The van der Waals surface area contributed by atoms with Gasteiger partial charge in [0.25, 0.3) is 0 Å². The Labute approximate surface area is 230 Å². The van der Waals surface area contributed by atoms with Crippen LogP contribution >= 0.6 is 0 Å². The van der Waals surface area contributed by atoms with Gasteiger partial charge in [-0.25, -0.2) is 0 Å². The molecule has 1 fully saturated rings. The molecule has 0 bridgehead atoms. The van der Waals surface area contributed by atoms with Crippen LogP contribution < -0.4 is 14.2 Å². The second kappa shape index (κ2) is 12.4. The first-order valence-electron chi connectivity index (χ1n) is 13.8. The monoisotopic (exact) mass is 521 g/mol. The summed E-state index contributed by atoms with van der Waals surface area (Å²) in [4.78, 5) is 2.39. The molecule has 0 saturated carbocycles. The van der Waals surface area contributed by atoms with Crippen molar-refractivity contribution in [1.29, 1.82) is 0 Å². The van der Waals surface area contributed by atoms with Crippen LogP contribution in [0.4, 0.5) is 0 Å². The summed E-state index contributed by atoms with van der Waals surface area (Å²) >= 11 is 0. The summed E-state index contributed by atoms with van der Waals surface area (Å²) in [6, 6.07) is 35.8. The highest BCUT2D eigenvalue weighted by Gasteiger charge is 2.33. The molecule has 0 aliphatic carbocycles. The molecular weight excluding hydrogens is 486 g/mol. The molecule has 5 nitrogen and oxygen atoms in total. The number of nitrogens with zero attached hydrogens (tertiary/aromatic N) is 1. The van der Waals surface area contributed by atoms with Crippen LogP contribution in [-0.4, -0.2) is 51.0 Å². The predicted octanol–water partition coefficient (Wildman–Crippen LogP) is 6.28. The third kappa shape index (κ3) is 6.27. The smallest absolute Gasteiger partial charge is 0.126 e. The Morgan fingerprint density at radius 2 is 1.44 bits per heavy atom. The first-order valence-corrected chi connectivity index (χ1v) is 13.8. The van der Waals surface area contributed by atoms with Crippen molar-refractivity contribution in [3.05, 3.63) is 125 Å². The molecule has 6 rings (SSSR count). The van der Waals surface area contributed by atoms with Crippen molar-refractivity contribution < 1.29 is 18.9 Å². The minimum Gasteiger partial charge on any atom is -0.492 e. The van der Waals surface area contributed by atoms with Gasteiger partial charge in [0.05, 0.1) is 19.8 Å². The highest BCUT2D eigenvalue weighted by molar-refractivity contribution is 5.51. The topological polar surface area (TPSA) is 40.2 Å². The van der Waals surface area contributed by atoms with E-state index < -0.39 is 0 Å². The van der Waals surface area contributed by atoms with Gasteiger partial charge in [0, 0.05) is 43.1 Å². The van der Waals surface area contributed by atoms with E-state index in [2.05, 4.69) is 83.8 Å². The molecule has 0 unspecified atom stereocenters. The van der Waals surface area contributed by atoms with Crippen molar-refractivity contribution in [2.24, 2.45) is 0 Å². The van der Waals surface area contributed by atoms with Gasteiger partial charge in [0.2, 0.25) is 0 Å². The molecule has 0 aromatic heterocycles. The number of benzene rings is 4. The number of fused-ring (bicyclic) bond motifs is 1. The zero-order chi connectivity index (χ0) is 26.3. The lowest BCUT2D eigenvalue weighted by Gasteiger charge is -2.34. The van der Waals surface area contributed by atoms with Gasteiger partial charge >= 0.3 is 0 Å². The second-order valence-corrected chi connectivity index (χ2v) is 10.2. The summed E-state index contributed by atoms with van der Waals surface area (Å²) < 4.78 is 24.0. The minimum atomic E-state index is 0.168. The van der Waals surface area contributed by atoms with E-state index in [0.29, 0.717) is 19.8 Å². The van der Waals surface area contributed by atoms with E-state index in [0.717, 1.165) is 55.7 Å². The van der Waals surface area contributed by atoms with E-state index >= 15 is 0 Å². The summed E-state index contributed by atoms with van der Waals surface area (Å²) in [5.41, 5.74) is 4.86. The summed E-state index contributed by atoms with van der Waals surface area (Å²) in [7, 11) is 0. The highest BCUT2D eigenvalue weighted by Crippen LogP contribution is 2.47. The maximum Gasteiger partial charge on any atom is 0.126 e. The largest absolute Gasteiger partial charge is 0.492 e. The highest BCUT2D eigenvalue weighted by atomic mass is 16.5. The summed E-state index contributed by atoms with van der Waals surface area (Å²) in [6.45, 7) is 6.32. The number of ether oxygens (including phenoxy) is 4. The fraction of sp³-hybridized carbons (Fsp3) is 0.294. The molecule has 2 atom stereocenters. The first kappa shape index (κ1) is 25.5. The fourth-order valence-corrected chi connectivity index (χ4v) is 5.51. The Bertz CT molecular complexity index is 1320. The Morgan fingerprint density at radius 1 is 0.718 bits per heavy atom. The fourth-order valence-electron chi connectivity index (χ4n) is 5.51. The van der Waals surface area contributed by atoms with Gasteiger partial charge in [-0.3, -0.25) is 4.90 Å². The first-order chi connectivity index (χ1) is 19.3. The van der Waals surface area contributed by atoms with E-state index in [9.17, 15) is 0 Å². The molecule has 5 heteroatoms. The van der Waals surface area contributed by atoms with E-state index in [4.69, 9.17) is 18.9 Å². The molecule has 2 aliphatic rings. The van der Waals surface area contributed by atoms with E-state index in [1.807, 2.05) is 24.3 Å². The molecule has 0 amide bonds. The maximum absolute atomic E-state index is 6.35. The van der Waals surface area contributed by atoms with Gasteiger partial charge in [0.1, 0.15) is 30.5 Å². The maximum atomic E-state index is 6.35. The molecule has 39 heavy (non-hydrogen) atoms. The van der Waals surface area contributed by atoms with Crippen LogP contribution in [0.1, 0.15) is 34.1 Å². The standard InChI is InChI=1S/C34H35NO4/c1-3-7-26(8-4-1)24-38-30-15-16-31-33(23-30)39-25-32(27-9-5-2-6-10-27)34(31)28-11-13-29(14-12-28)37-22-19-35-17-20-36-21-18-35/h1-16,23,32,34H,17-22,24-25H2/t32-,34-/m0/s1. The summed E-state index contributed by atoms with van der Waals surface area (Å²) in [5.74, 6) is 2.99. The van der Waals surface area contributed by atoms with Crippen LogP contribution in [0, 0.1) is 0 Å². The van der Waals surface area contributed by atoms with Crippen LogP contribution in [-0.2, 0) is 11.3 Å².